The molecule has 0 unspecified atom stereocenters. The molecular formula is C8H7O2. The molecule has 10 heavy (non-hydrogen) atoms. The van der Waals surface area contributed by atoms with Crippen LogP contribution in [0.2, 0.25) is 0 Å². The molecule has 2 nitrogen and oxygen atoms in total. The lowest BCUT2D eigenvalue weighted by Crippen LogP contribution is -1.84. The fourth-order valence-electron chi connectivity index (χ4n) is 0.652. The topological polar surface area (TPSA) is 26.3 Å². The Morgan fingerprint density at radius 1 is 1.70 bits per heavy atom. The smallest absolute Gasteiger partial charge is 0.150 e. The van der Waals surface area contributed by atoms with E-state index in [-0.39, 0.29) is 0 Å². The maximum atomic E-state index is 10.2. The van der Waals surface area contributed by atoms with Crippen molar-refractivity contribution in [1.29, 1.82) is 0 Å². The second-order valence-corrected chi connectivity index (χ2v) is 1.81. The molecule has 2 heteroatoms. The van der Waals surface area contributed by atoms with Gasteiger partial charge in [0.15, 0.2) is 0 Å². The zero-order valence-corrected chi connectivity index (χ0v) is 5.63. The first-order chi connectivity index (χ1) is 4.86. The number of hydrogen-bond acceptors (Lipinski definition) is 2. The van der Waals surface area contributed by atoms with Gasteiger partial charge in [0.05, 0.1) is 7.11 Å². The number of carbonyl (C=O) groups excluding carboxylic acids is 1. The number of hydrogen-bond donors (Lipinski definition) is 0. The van der Waals surface area contributed by atoms with E-state index in [0.717, 1.165) is 6.29 Å². The highest BCUT2D eigenvalue weighted by molar-refractivity contribution is 5.75. The van der Waals surface area contributed by atoms with E-state index in [0.29, 0.717) is 11.3 Å². The first-order valence-corrected chi connectivity index (χ1v) is 2.87. The van der Waals surface area contributed by atoms with Gasteiger partial charge in [-0.1, -0.05) is 6.07 Å². The lowest BCUT2D eigenvalue weighted by atomic mass is 10.2. The molecule has 0 saturated heterocycles. The van der Waals surface area contributed by atoms with Crippen LogP contribution in [0.4, 0.5) is 0 Å². The van der Waals surface area contributed by atoms with Gasteiger partial charge < -0.3 is 4.74 Å². The molecule has 1 aromatic carbocycles. The van der Waals surface area contributed by atoms with Crippen molar-refractivity contribution < 1.29 is 9.53 Å². The van der Waals surface area contributed by atoms with Gasteiger partial charge in [-0.15, -0.1) is 0 Å². The highest BCUT2D eigenvalue weighted by Gasteiger charge is 1.91. The quantitative estimate of drug-likeness (QED) is 0.571. The van der Waals surface area contributed by atoms with Gasteiger partial charge in [-0.05, 0) is 12.1 Å². The van der Waals surface area contributed by atoms with Gasteiger partial charge in [0.1, 0.15) is 12.0 Å². The Hall–Kier alpha value is -1.31. The lowest BCUT2D eigenvalue weighted by Gasteiger charge is -1.96. The van der Waals surface area contributed by atoms with Crippen molar-refractivity contribution in [2.45, 2.75) is 0 Å². The SMILES string of the molecule is COc1[c]ccc(C=O)c1. The van der Waals surface area contributed by atoms with Crippen molar-refractivity contribution in [3.63, 3.8) is 0 Å². The summed E-state index contributed by atoms with van der Waals surface area (Å²) >= 11 is 0. The lowest BCUT2D eigenvalue weighted by molar-refractivity contribution is 0.112. The van der Waals surface area contributed by atoms with Crippen LogP contribution in [-0.2, 0) is 0 Å². The van der Waals surface area contributed by atoms with Crippen LogP contribution in [-0.4, -0.2) is 13.4 Å². The van der Waals surface area contributed by atoms with Crippen LogP contribution < -0.4 is 4.74 Å². The van der Waals surface area contributed by atoms with Crippen molar-refractivity contribution in [3.05, 3.63) is 29.8 Å². The summed E-state index contributed by atoms with van der Waals surface area (Å²) in [6.45, 7) is 0. The Morgan fingerprint density at radius 3 is 3.10 bits per heavy atom. The van der Waals surface area contributed by atoms with Crippen LogP contribution in [0.25, 0.3) is 0 Å². The summed E-state index contributed by atoms with van der Waals surface area (Å²) in [6, 6.07) is 7.78. The van der Waals surface area contributed by atoms with E-state index in [9.17, 15) is 4.79 Å². The van der Waals surface area contributed by atoms with Crippen LogP contribution in [0.15, 0.2) is 18.2 Å². The van der Waals surface area contributed by atoms with Gasteiger partial charge in [-0.2, -0.15) is 0 Å². The minimum absolute atomic E-state index is 0.588. The zero-order chi connectivity index (χ0) is 7.40. The maximum Gasteiger partial charge on any atom is 0.150 e. The Kier molecular flexibility index (Phi) is 2.05. The van der Waals surface area contributed by atoms with Gasteiger partial charge in [0.2, 0.25) is 0 Å². The number of aldehydes is 1. The predicted octanol–water partition coefficient (Wildman–Crippen LogP) is 1.31. The number of methoxy groups -OCH3 is 1. The van der Waals surface area contributed by atoms with Crippen molar-refractivity contribution >= 4 is 6.29 Å². The van der Waals surface area contributed by atoms with Gasteiger partial charge >= 0.3 is 0 Å². The van der Waals surface area contributed by atoms with E-state index < -0.39 is 0 Å². The Bertz CT molecular complexity index is 230. The molecule has 0 fully saturated rings. The molecule has 0 aromatic heterocycles. The molecule has 0 aliphatic rings. The average molecular weight is 135 g/mol. The highest BCUT2D eigenvalue weighted by atomic mass is 16.5. The molecule has 0 aliphatic carbocycles. The number of carbonyl (C=O) groups is 1. The van der Waals surface area contributed by atoms with Gasteiger partial charge in [-0.25, -0.2) is 0 Å². The molecule has 0 N–H and O–H groups in total. The number of benzene rings is 1. The Morgan fingerprint density at radius 2 is 2.50 bits per heavy atom. The zero-order valence-electron chi connectivity index (χ0n) is 5.63. The summed E-state index contributed by atoms with van der Waals surface area (Å²) in [5.41, 5.74) is 0.607. The molecule has 0 atom stereocenters. The van der Waals surface area contributed by atoms with Crippen LogP contribution in [0, 0.1) is 6.07 Å². The molecule has 1 aromatic rings. The van der Waals surface area contributed by atoms with Crippen LogP contribution in [0.1, 0.15) is 10.4 Å². The molecule has 0 aliphatic heterocycles. The van der Waals surface area contributed by atoms with Crippen LogP contribution >= 0.6 is 0 Å². The minimum Gasteiger partial charge on any atom is -0.496 e. The molecule has 0 heterocycles. The monoisotopic (exact) mass is 135 g/mol. The molecule has 0 saturated carbocycles. The van der Waals surface area contributed by atoms with E-state index in [4.69, 9.17) is 4.74 Å². The minimum atomic E-state index is 0.588. The van der Waals surface area contributed by atoms with Crippen molar-refractivity contribution in [3.8, 4) is 5.75 Å². The summed E-state index contributed by atoms with van der Waals surface area (Å²) in [5.74, 6) is 0.588. The number of ether oxygens (including phenoxy) is 1. The molecule has 0 bridgehead atoms. The fraction of sp³-hybridized carbons (Fsp3) is 0.125. The van der Waals surface area contributed by atoms with Gasteiger partial charge in [0, 0.05) is 11.6 Å². The van der Waals surface area contributed by atoms with Crippen molar-refractivity contribution in [1.82, 2.24) is 0 Å². The summed E-state index contributed by atoms with van der Waals surface area (Å²) < 4.78 is 4.84. The largest absolute Gasteiger partial charge is 0.496 e. The summed E-state index contributed by atoms with van der Waals surface area (Å²) in [6.07, 6.45) is 0.774. The van der Waals surface area contributed by atoms with E-state index in [2.05, 4.69) is 6.07 Å². The first kappa shape index (κ1) is 6.81. The van der Waals surface area contributed by atoms with E-state index in [1.807, 2.05) is 0 Å². The average Bonchev–Trinajstić information content (AvgIpc) is 2.05. The Balaban J connectivity index is 2.98. The third-order valence-electron chi connectivity index (χ3n) is 1.16. The van der Waals surface area contributed by atoms with Crippen molar-refractivity contribution in [2.24, 2.45) is 0 Å². The Labute approximate surface area is 59.4 Å². The van der Waals surface area contributed by atoms with Crippen LogP contribution in [0.5, 0.6) is 5.75 Å². The van der Waals surface area contributed by atoms with E-state index in [1.165, 1.54) is 0 Å². The molecular weight excluding hydrogens is 128 g/mol. The van der Waals surface area contributed by atoms with Gasteiger partial charge in [0.25, 0.3) is 0 Å². The normalized spacial score (nSPS) is 8.90. The first-order valence-electron chi connectivity index (χ1n) is 2.87. The maximum absolute atomic E-state index is 10.2. The van der Waals surface area contributed by atoms with Crippen molar-refractivity contribution in [2.75, 3.05) is 7.11 Å². The molecule has 1 rings (SSSR count). The third kappa shape index (κ3) is 1.35. The number of rotatable bonds is 2. The second-order valence-electron chi connectivity index (χ2n) is 1.81. The van der Waals surface area contributed by atoms with Crippen LogP contribution in [0.3, 0.4) is 0 Å². The third-order valence-corrected chi connectivity index (χ3v) is 1.16. The fourth-order valence-corrected chi connectivity index (χ4v) is 0.652. The molecule has 0 spiro atoms. The molecule has 51 valence electrons. The molecule has 0 amide bonds. The summed E-state index contributed by atoms with van der Waals surface area (Å²) in [5, 5.41) is 0. The summed E-state index contributed by atoms with van der Waals surface area (Å²) in [7, 11) is 1.54. The van der Waals surface area contributed by atoms with E-state index >= 15 is 0 Å². The molecule has 1 radical (unpaired) electrons. The van der Waals surface area contributed by atoms with Gasteiger partial charge in [-0.3, -0.25) is 4.79 Å². The predicted molar refractivity (Wildman–Crippen MR) is 37.2 cm³/mol. The summed E-state index contributed by atoms with van der Waals surface area (Å²) in [4.78, 5) is 10.2. The highest BCUT2D eigenvalue weighted by Crippen LogP contribution is 2.09. The second kappa shape index (κ2) is 3.01. The van der Waals surface area contributed by atoms with E-state index in [1.54, 1.807) is 25.3 Å². The standard InChI is InChI=1S/C8H7O2/c1-10-8-4-2-3-7(5-8)6-9/h2-3,5-6H,1H3.